The molecule has 3 aliphatic carbocycles. The van der Waals surface area contributed by atoms with Crippen LogP contribution >= 0.6 is 0 Å². The second-order valence-corrected chi connectivity index (χ2v) is 16.1. The molecule has 4 aromatic rings. The molecule has 0 saturated carbocycles. The Labute approximate surface area is 287 Å². The van der Waals surface area contributed by atoms with Crippen molar-refractivity contribution in [3.8, 4) is 0 Å². The minimum absolute atomic E-state index is 0.139. The monoisotopic (exact) mass is 668 g/mol. The van der Waals surface area contributed by atoms with Gasteiger partial charge in [0.1, 0.15) is 0 Å². The third-order valence-electron chi connectivity index (χ3n) is 9.64. The van der Waals surface area contributed by atoms with Crippen LogP contribution in [0.3, 0.4) is 0 Å². The molecule has 0 nitrogen and oxygen atoms in total. The maximum atomic E-state index is 3.48. The van der Waals surface area contributed by atoms with Crippen molar-refractivity contribution in [2.75, 3.05) is 0 Å². The van der Waals surface area contributed by atoms with E-state index in [1.165, 1.54) is 95.9 Å². The standard InChI is InChI=1S/C25H25.C12H19.C7H6.Zr/c1-14-12-24(3,4)22-8-16-7-17-9-23-19(15(2)13-25(23,5)6)11-21(17)20(16)10-18(14)22;1-6-10-7-9(2)8-11(10)12(3,4)5;1-7-5-3-2-4-6-7;/h7-13H,1-6H3;8-9H,6H2,1-5H3;1-6H;/q2*-1;;+2. The van der Waals surface area contributed by atoms with E-state index in [4.69, 9.17) is 0 Å². The summed E-state index contributed by atoms with van der Waals surface area (Å²) in [7, 11) is 0. The molecule has 4 aromatic carbocycles. The van der Waals surface area contributed by atoms with Gasteiger partial charge in [-0.05, 0) is 36.1 Å². The van der Waals surface area contributed by atoms with Gasteiger partial charge in [-0.1, -0.05) is 115 Å². The summed E-state index contributed by atoms with van der Waals surface area (Å²) in [4.78, 5) is 0. The molecular formula is C44H50Zr. The number of allylic oxidation sites excluding steroid dienone is 8. The Morgan fingerprint density at radius 2 is 1.31 bits per heavy atom. The van der Waals surface area contributed by atoms with E-state index in [2.05, 4.69) is 159 Å². The molecule has 0 aromatic heterocycles. The predicted molar refractivity (Wildman–Crippen MR) is 196 cm³/mol. The second-order valence-electron chi connectivity index (χ2n) is 15.4. The van der Waals surface area contributed by atoms with Gasteiger partial charge in [0.15, 0.2) is 0 Å². The van der Waals surface area contributed by atoms with Crippen LogP contribution in [0.2, 0.25) is 0 Å². The van der Waals surface area contributed by atoms with Crippen LogP contribution in [0, 0.1) is 17.4 Å². The van der Waals surface area contributed by atoms with E-state index >= 15 is 0 Å². The first-order valence-corrected chi connectivity index (χ1v) is 18.0. The molecule has 0 spiro atoms. The van der Waals surface area contributed by atoms with E-state index < -0.39 is 0 Å². The summed E-state index contributed by atoms with van der Waals surface area (Å²) in [5.41, 5.74) is 13.4. The quantitative estimate of drug-likeness (QED) is 0.186. The van der Waals surface area contributed by atoms with Gasteiger partial charge >= 0.3 is 63.8 Å². The zero-order valence-corrected chi connectivity index (χ0v) is 31.8. The van der Waals surface area contributed by atoms with Crippen LogP contribution in [0.25, 0.3) is 32.7 Å². The summed E-state index contributed by atoms with van der Waals surface area (Å²) in [5.74, 6) is 0.522. The third kappa shape index (κ3) is 6.72. The van der Waals surface area contributed by atoms with Crippen molar-refractivity contribution in [3.63, 3.8) is 0 Å². The minimum atomic E-state index is 0.139. The van der Waals surface area contributed by atoms with Gasteiger partial charge in [0, 0.05) is 10.8 Å². The van der Waals surface area contributed by atoms with Gasteiger partial charge in [0.05, 0.1) is 0 Å². The van der Waals surface area contributed by atoms with Gasteiger partial charge in [0.25, 0.3) is 0 Å². The van der Waals surface area contributed by atoms with Crippen LogP contribution in [0.15, 0.2) is 90.0 Å². The Balaban J connectivity index is 0.000000166. The average Bonchev–Trinajstić information content (AvgIpc) is 3.67. The van der Waals surface area contributed by atoms with Crippen molar-refractivity contribution in [2.45, 2.75) is 93.4 Å². The summed E-state index contributed by atoms with van der Waals surface area (Å²) in [6, 6.07) is 22.4. The van der Waals surface area contributed by atoms with Crippen LogP contribution in [0.1, 0.15) is 110 Å². The molecular weight excluding hydrogens is 620 g/mol. The SMILES string of the molecule is CC1=CC(C)(C)c2cc3[cH-]c4cc5c(cc4c3cc21)C(C)=CC5(C)C.CCC1=[C-]C(C)C=C1C(C)(C)C.[Zr+2]=[CH]c1ccccc1. The number of hydrogen-bond acceptors (Lipinski definition) is 0. The molecule has 0 fully saturated rings. The number of benzene rings is 3. The Morgan fingerprint density at radius 3 is 1.69 bits per heavy atom. The zero-order chi connectivity index (χ0) is 32.9. The number of rotatable bonds is 2. The normalized spacial score (nSPS) is 19.0. The van der Waals surface area contributed by atoms with Crippen molar-refractivity contribution in [2.24, 2.45) is 11.3 Å². The fourth-order valence-corrected chi connectivity index (χ4v) is 7.98. The molecule has 0 heterocycles. The van der Waals surface area contributed by atoms with Crippen molar-refractivity contribution >= 4 is 36.4 Å². The first kappa shape index (κ1) is 33.6. The maximum absolute atomic E-state index is 3.48. The molecule has 0 N–H and O–H groups in total. The topological polar surface area (TPSA) is 0 Å². The fraction of sp³-hybridized carbons (Fsp3) is 0.364. The molecule has 230 valence electrons. The first-order chi connectivity index (χ1) is 21.1. The molecule has 0 radical (unpaired) electrons. The van der Waals surface area contributed by atoms with Gasteiger partial charge in [-0.15, -0.1) is 39.7 Å². The fourth-order valence-electron chi connectivity index (χ4n) is 7.51. The van der Waals surface area contributed by atoms with E-state index in [-0.39, 0.29) is 10.8 Å². The van der Waals surface area contributed by atoms with E-state index in [0.29, 0.717) is 11.3 Å². The molecule has 7 rings (SSSR count). The van der Waals surface area contributed by atoms with E-state index in [1.807, 2.05) is 6.07 Å². The molecule has 1 atom stereocenters. The number of fused-ring (bicyclic) bond motifs is 5. The van der Waals surface area contributed by atoms with E-state index in [0.717, 1.165) is 6.42 Å². The molecule has 45 heavy (non-hydrogen) atoms. The Hall–Kier alpha value is -2.76. The summed E-state index contributed by atoms with van der Waals surface area (Å²) < 4.78 is 2.17. The summed E-state index contributed by atoms with van der Waals surface area (Å²) >= 11 is 1.46. The zero-order valence-electron chi connectivity index (χ0n) is 29.4. The molecule has 0 aliphatic heterocycles. The predicted octanol–water partition coefficient (Wildman–Crippen LogP) is 12.2. The second kappa shape index (κ2) is 12.5. The summed E-state index contributed by atoms with van der Waals surface area (Å²) in [6.07, 6.45) is 11.8. The summed E-state index contributed by atoms with van der Waals surface area (Å²) in [6.45, 7) is 25.0. The van der Waals surface area contributed by atoms with Crippen molar-refractivity contribution in [3.05, 3.63) is 124 Å². The molecule has 1 unspecified atom stereocenters. The van der Waals surface area contributed by atoms with Gasteiger partial charge in [0.2, 0.25) is 0 Å². The van der Waals surface area contributed by atoms with E-state index in [1.54, 1.807) is 0 Å². The van der Waals surface area contributed by atoms with Crippen molar-refractivity contribution in [1.82, 2.24) is 0 Å². The van der Waals surface area contributed by atoms with Crippen LogP contribution in [-0.2, 0) is 35.1 Å². The van der Waals surface area contributed by atoms with Gasteiger partial charge in [-0.3, -0.25) is 6.08 Å². The molecule has 1 heteroatoms. The molecule has 0 amide bonds. The van der Waals surface area contributed by atoms with Crippen LogP contribution in [-0.4, -0.2) is 3.71 Å². The first-order valence-electron chi connectivity index (χ1n) is 16.6. The number of hydrogen-bond donors (Lipinski definition) is 0. The Bertz CT molecular complexity index is 1800. The molecule has 3 aliphatic rings. The van der Waals surface area contributed by atoms with Crippen molar-refractivity contribution < 1.29 is 24.2 Å². The average molecular weight is 670 g/mol. The molecule has 0 saturated heterocycles. The van der Waals surface area contributed by atoms with Gasteiger partial charge < -0.3 is 0 Å². The van der Waals surface area contributed by atoms with E-state index in [9.17, 15) is 0 Å². The van der Waals surface area contributed by atoms with Gasteiger partial charge in [-0.2, -0.15) is 11.6 Å². The van der Waals surface area contributed by atoms with Crippen molar-refractivity contribution in [1.29, 1.82) is 0 Å². The van der Waals surface area contributed by atoms with Crippen LogP contribution in [0.4, 0.5) is 0 Å². The van der Waals surface area contributed by atoms with Crippen LogP contribution in [0.5, 0.6) is 0 Å². The van der Waals surface area contributed by atoms with Gasteiger partial charge in [-0.25, -0.2) is 5.57 Å². The Morgan fingerprint density at radius 1 is 0.822 bits per heavy atom. The van der Waals surface area contributed by atoms with Crippen LogP contribution < -0.4 is 0 Å². The Kier molecular flexibility index (Phi) is 9.30. The third-order valence-corrected chi connectivity index (χ3v) is 10.5. The summed E-state index contributed by atoms with van der Waals surface area (Å²) in [5, 5.41) is 5.57. The molecule has 0 bridgehead atoms.